The molecule has 0 radical (unpaired) electrons. The van der Waals surface area contributed by atoms with Crippen LogP contribution in [0.15, 0.2) is 107 Å². The van der Waals surface area contributed by atoms with Crippen molar-refractivity contribution in [1.82, 2.24) is 0 Å². The van der Waals surface area contributed by atoms with Gasteiger partial charge in [0, 0.05) is 0 Å². The molecule has 0 bridgehead atoms. The van der Waals surface area contributed by atoms with Crippen LogP contribution in [0.5, 0.6) is 23.0 Å². The van der Waals surface area contributed by atoms with Gasteiger partial charge in [0.2, 0.25) is 9.84 Å². The van der Waals surface area contributed by atoms with Gasteiger partial charge in [0.05, 0.1) is 9.79 Å². The van der Waals surface area contributed by atoms with Crippen LogP contribution in [0.25, 0.3) is 0 Å². The number of rotatable bonds is 8. The Bertz CT molecular complexity index is 1250. The smallest absolute Gasteiger partial charge is 0.206 e. The van der Waals surface area contributed by atoms with Crippen molar-refractivity contribution in [3.8, 4) is 23.0 Å². The van der Waals surface area contributed by atoms with E-state index in [1.165, 1.54) is 11.1 Å². The minimum Gasteiger partial charge on any atom is -0.457 e. The molecule has 4 rings (SSSR count). The Hall–Kier alpha value is -3.57. The lowest BCUT2D eigenvalue weighted by Gasteiger charge is -2.11. The summed E-state index contributed by atoms with van der Waals surface area (Å²) in [6.07, 6.45) is 0. The molecular weight excluding hydrogens is 456 g/mol. The van der Waals surface area contributed by atoms with Gasteiger partial charge in [-0.15, -0.1) is 0 Å². The zero-order valence-corrected chi connectivity index (χ0v) is 21.3. The molecule has 0 N–H and O–H groups in total. The summed E-state index contributed by atoms with van der Waals surface area (Å²) in [7, 11) is -3.66. The minimum absolute atomic E-state index is 0.206. The van der Waals surface area contributed by atoms with Gasteiger partial charge in [0.1, 0.15) is 23.0 Å². The second kappa shape index (κ2) is 10.4. The average molecular weight is 487 g/mol. The third-order valence-corrected chi connectivity index (χ3v) is 7.62. The summed E-state index contributed by atoms with van der Waals surface area (Å²) >= 11 is 0. The van der Waals surface area contributed by atoms with Crippen molar-refractivity contribution in [3.63, 3.8) is 0 Å². The van der Waals surface area contributed by atoms with Crippen molar-refractivity contribution >= 4 is 9.84 Å². The zero-order chi connectivity index (χ0) is 25.0. The summed E-state index contributed by atoms with van der Waals surface area (Å²) < 4.78 is 37.9. The van der Waals surface area contributed by atoms with Crippen LogP contribution < -0.4 is 9.47 Å². The lowest BCUT2D eigenvalue weighted by Crippen LogP contribution is -2.01. The maximum Gasteiger partial charge on any atom is 0.206 e. The van der Waals surface area contributed by atoms with Gasteiger partial charge >= 0.3 is 0 Å². The van der Waals surface area contributed by atoms with Crippen molar-refractivity contribution in [2.24, 2.45) is 0 Å². The third-order valence-electron chi connectivity index (χ3n) is 5.83. The maximum atomic E-state index is 13.1. The third kappa shape index (κ3) is 5.92. The van der Waals surface area contributed by atoms with Crippen molar-refractivity contribution < 1.29 is 17.9 Å². The Balaban J connectivity index is 1.44. The molecule has 0 aliphatic rings. The highest BCUT2D eigenvalue weighted by Gasteiger charge is 2.18. The number of hydrogen-bond donors (Lipinski definition) is 0. The molecule has 0 saturated carbocycles. The molecule has 0 spiro atoms. The van der Waals surface area contributed by atoms with Crippen LogP contribution >= 0.6 is 0 Å². The van der Waals surface area contributed by atoms with Gasteiger partial charge in [-0.25, -0.2) is 8.42 Å². The predicted molar refractivity (Wildman–Crippen MR) is 140 cm³/mol. The highest BCUT2D eigenvalue weighted by Crippen LogP contribution is 2.29. The van der Waals surface area contributed by atoms with E-state index < -0.39 is 9.84 Å². The van der Waals surface area contributed by atoms with Crippen molar-refractivity contribution in [2.75, 3.05) is 0 Å². The standard InChI is InChI=1S/C30H30O4S/c1-21(2)23-5-9-25(10-6-23)33-27-13-17-29(18-14-27)35(31,32)30-19-15-28(16-20-30)34-26-11-7-24(8-12-26)22(3)4/h5-22H,1-4H3. The van der Waals surface area contributed by atoms with Gasteiger partial charge < -0.3 is 9.47 Å². The Kier molecular flexibility index (Phi) is 7.27. The zero-order valence-electron chi connectivity index (χ0n) is 20.4. The highest BCUT2D eigenvalue weighted by molar-refractivity contribution is 7.91. The fourth-order valence-electron chi connectivity index (χ4n) is 3.62. The van der Waals surface area contributed by atoms with Crippen LogP contribution in [0, 0.1) is 0 Å². The normalized spacial score (nSPS) is 11.6. The Morgan fingerprint density at radius 2 is 0.714 bits per heavy atom. The first-order chi connectivity index (χ1) is 16.7. The van der Waals surface area contributed by atoms with E-state index in [9.17, 15) is 8.42 Å². The van der Waals surface area contributed by atoms with Crippen molar-refractivity contribution in [1.29, 1.82) is 0 Å². The molecule has 0 heterocycles. The van der Waals surface area contributed by atoms with E-state index in [-0.39, 0.29) is 9.79 Å². The Labute approximate surface area is 208 Å². The van der Waals surface area contributed by atoms with Crippen LogP contribution in [0.1, 0.15) is 50.7 Å². The quantitative estimate of drug-likeness (QED) is 0.251. The molecular formula is C30H30O4S. The molecule has 0 atom stereocenters. The highest BCUT2D eigenvalue weighted by atomic mass is 32.2. The topological polar surface area (TPSA) is 52.6 Å². The molecule has 0 unspecified atom stereocenters. The van der Waals surface area contributed by atoms with Gasteiger partial charge in [-0.3, -0.25) is 0 Å². The SMILES string of the molecule is CC(C)c1ccc(Oc2ccc(S(=O)(=O)c3ccc(Oc4ccc(C(C)C)cc4)cc3)cc2)cc1. The van der Waals surface area contributed by atoms with E-state index in [4.69, 9.17) is 9.47 Å². The number of sulfone groups is 1. The first kappa shape index (κ1) is 24.6. The molecule has 0 aliphatic heterocycles. The van der Waals surface area contributed by atoms with Crippen molar-refractivity contribution in [3.05, 3.63) is 108 Å². The van der Waals surface area contributed by atoms with Crippen LogP contribution in [0.3, 0.4) is 0 Å². The molecule has 35 heavy (non-hydrogen) atoms. The lowest BCUT2D eigenvalue weighted by atomic mass is 10.0. The summed E-state index contributed by atoms with van der Waals surface area (Å²) in [5.74, 6) is 3.47. The molecule has 5 heteroatoms. The Morgan fingerprint density at radius 1 is 0.457 bits per heavy atom. The van der Waals surface area contributed by atoms with Crippen LogP contribution in [0.4, 0.5) is 0 Å². The van der Waals surface area contributed by atoms with Crippen LogP contribution in [-0.2, 0) is 9.84 Å². The lowest BCUT2D eigenvalue weighted by molar-refractivity contribution is 0.481. The molecule has 0 aliphatic carbocycles. The van der Waals surface area contributed by atoms with E-state index in [1.807, 2.05) is 48.5 Å². The number of ether oxygens (including phenoxy) is 2. The van der Waals surface area contributed by atoms with E-state index in [0.29, 0.717) is 34.8 Å². The van der Waals surface area contributed by atoms with Gasteiger partial charge in [-0.05, 0) is 95.8 Å². The predicted octanol–water partition coefficient (Wildman–Crippen LogP) is 8.35. The molecule has 180 valence electrons. The second-order valence-electron chi connectivity index (χ2n) is 9.10. The second-order valence-corrected chi connectivity index (χ2v) is 11.0. The number of benzene rings is 4. The van der Waals surface area contributed by atoms with Crippen LogP contribution in [0.2, 0.25) is 0 Å². The van der Waals surface area contributed by atoms with Crippen LogP contribution in [-0.4, -0.2) is 8.42 Å². The van der Waals surface area contributed by atoms with Gasteiger partial charge in [0.25, 0.3) is 0 Å². The summed E-state index contributed by atoms with van der Waals surface area (Å²) in [5, 5.41) is 0. The molecule has 0 saturated heterocycles. The summed E-state index contributed by atoms with van der Waals surface area (Å²) in [5.41, 5.74) is 2.47. The first-order valence-electron chi connectivity index (χ1n) is 11.7. The number of hydrogen-bond acceptors (Lipinski definition) is 4. The fraction of sp³-hybridized carbons (Fsp3) is 0.200. The molecule has 4 aromatic carbocycles. The maximum absolute atomic E-state index is 13.1. The molecule has 0 aromatic heterocycles. The van der Waals surface area contributed by atoms with E-state index >= 15 is 0 Å². The van der Waals surface area contributed by atoms with Gasteiger partial charge in [-0.1, -0.05) is 52.0 Å². The van der Waals surface area contributed by atoms with Gasteiger partial charge in [0.15, 0.2) is 0 Å². The van der Waals surface area contributed by atoms with E-state index in [2.05, 4.69) is 27.7 Å². The monoisotopic (exact) mass is 486 g/mol. The van der Waals surface area contributed by atoms with E-state index in [0.717, 1.165) is 0 Å². The summed E-state index contributed by atoms with van der Waals surface area (Å²) in [4.78, 5) is 0.413. The minimum atomic E-state index is -3.66. The average Bonchev–Trinajstić information content (AvgIpc) is 2.85. The van der Waals surface area contributed by atoms with E-state index in [1.54, 1.807) is 48.5 Å². The van der Waals surface area contributed by atoms with Crippen molar-refractivity contribution in [2.45, 2.75) is 49.3 Å². The summed E-state index contributed by atoms with van der Waals surface area (Å²) in [6, 6.07) is 28.7. The summed E-state index contributed by atoms with van der Waals surface area (Å²) in [6.45, 7) is 8.56. The molecule has 0 amide bonds. The fourth-order valence-corrected chi connectivity index (χ4v) is 4.88. The molecule has 4 aromatic rings. The first-order valence-corrected chi connectivity index (χ1v) is 13.2. The Morgan fingerprint density at radius 3 is 0.971 bits per heavy atom. The molecule has 4 nitrogen and oxygen atoms in total. The van der Waals surface area contributed by atoms with Gasteiger partial charge in [-0.2, -0.15) is 0 Å². The largest absolute Gasteiger partial charge is 0.457 e. The molecule has 0 fully saturated rings.